The van der Waals surface area contributed by atoms with Gasteiger partial charge in [-0.1, -0.05) is 84.6 Å². The summed E-state index contributed by atoms with van der Waals surface area (Å²) in [7, 11) is -1.72. The van der Waals surface area contributed by atoms with Gasteiger partial charge < -0.3 is 27.3 Å². The van der Waals surface area contributed by atoms with E-state index in [-0.39, 0.29) is 49.5 Å². The van der Waals surface area contributed by atoms with Crippen molar-refractivity contribution in [1.29, 1.82) is 0 Å². The van der Waals surface area contributed by atoms with E-state index in [9.17, 15) is 0 Å². The van der Waals surface area contributed by atoms with Crippen molar-refractivity contribution >= 4 is 20.0 Å². The Labute approximate surface area is 195 Å². The molecule has 5 unspecified atom stereocenters. The molecule has 28 heavy (non-hydrogen) atoms. The van der Waals surface area contributed by atoms with Crippen LogP contribution in [-0.4, -0.2) is 19.0 Å². The van der Waals surface area contributed by atoms with Crippen molar-refractivity contribution < 1.29 is 21.7 Å². The standard InChI is InChI=1S/C21H28NSSi.3CH3.Ti/c1-21(2,3)22-24(4,5)20-15-11-7-6-10-14(15)18-16-12-8-9-13-17(16)23-19(18)20;;;;/h6-15,18-20H,1-5H3;3*1H3;/q4*-1;+4. The van der Waals surface area contributed by atoms with Gasteiger partial charge >= 0.3 is 21.7 Å². The summed E-state index contributed by atoms with van der Waals surface area (Å²) in [4.78, 5) is 6.92. The summed E-state index contributed by atoms with van der Waals surface area (Å²) in [6.07, 6.45) is 9.51. The predicted octanol–water partition coefficient (Wildman–Crippen LogP) is 7.71. The number of thioether (sulfide) groups is 1. The Morgan fingerprint density at radius 1 is 0.929 bits per heavy atom. The van der Waals surface area contributed by atoms with Crippen molar-refractivity contribution in [2.45, 2.75) is 61.0 Å². The molecule has 0 spiro atoms. The zero-order chi connectivity index (χ0) is 17.1. The average Bonchev–Trinajstić information content (AvgIpc) is 2.98. The van der Waals surface area contributed by atoms with E-state index in [4.69, 9.17) is 4.98 Å². The summed E-state index contributed by atoms with van der Waals surface area (Å²) in [6, 6.07) is 9.10. The molecule has 1 aromatic rings. The van der Waals surface area contributed by atoms with Crippen molar-refractivity contribution in [1.82, 2.24) is 0 Å². The van der Waals surface area contributed by atoms with Gasteiger partial charge in [0.15, 0.2) is 0 Å². The molecule has 0 amide bonds. The SMILES string of the molecule is CC(C)(C)[N-][Si](C)(C)C1C2C=CC=CC2C2c3ccccc3SC21.[CH3-].[CH3-].[CH3-].[Ti+4]. The van der Waals surface area contributed by atoms with Crippen molar-refractivity contribution in [3.8, 4) is 0 Å². The van der Waals surface area contributed by atoms with Crippen LogP contribution in [0.25, 0.3) is 4.98 Å². The number of rotatable bonds is 2. The molecule has 0 radical (unpaired) electrons. The van der Waals surface area contributed by atoms with E-state index in [0.29, 0.717) is 28.5 Å². The van der Waals surface area contributed by atoms with Crippen LogP contribution in [0.5, 0.6) is 0 Å². The Kier molecular flexibility index (Phi) is 9.81. The second kappa shape index (κ2) is 9.83. The first-order valence-electron chi connectivity index (χ1n) is 9.13. The molecule has 1 fully saturated rings. The van der Waals surface area contributed by atoms with Gasteiger partial charge in [-0.3, -0.25) is 0 Å². The first-order chi connectivity index (χ1) is 11.3. The normalized spacial score (nSPS) is 29.2. The van der Waals surface area contributed by atoms with E-state index >= 15 is 0 Å². The third-order valence-corrected chi connectivity index (χ3v) is 11.1. The summed E-state index contributed by atoms with van der Waals surface area (Å²) in [6.45, 7) is 11.8. The molecule has 5 atom stereocenters. The minimum atomic E-state index is -1.72. The Morgan fingerprint density at radius 2 is 1.50 bits per heavy atom. The van der Waals surface area contributed by atoms with Gasteiger partial charge in [0.25, 0.3) is 0 Å². The predicted molar refractivity (Wildman–Crippen MR) is 128 cm³/mol. The third kappa shape index (κ3) is 4.81. The van der Waals surface area contributed by atoms with Gasteiger partial charge in [-0.25, -0.2) is 0 Å². The Bertz CT molecular complexity index is 707. The molecule has 1 nitrogen and oxygen atoms in total. The summed E-state index contributed by atoms with van der Waals surface area (Å²) >= 11 is 2.14. The molecule has 4 rings (SSSR count). The number of hydrogen-bond acceptors (Lipinski definition) is 1. The number of benzene rings is 1. The number of hydrogen-bond donors (Lipinski definition) is 0. The topological polar surface area (TPSA) is 14.1 Å². The van der Waals surface area contributed by atoms with Crippen molar-refractivity contribution in [2.24, 2.45) is 11.8 Å². The molecule has 1 saturated carbocycles. The number of allylic oxidation sites excluding steroid dienone is 4. The van der Waals surface area contributed by atoms with Crippen LogP contribution >= 0.6 is 11.8 Å². The van der Waals surface area contributed by atoms with Crippen LogP contribution in [0.1, 0.15) is 32.3 Å². The summed E-state index contributed by atoms with van der Waals surface area (Å²) < 4.78 is 0. The zero-order valence-electron chi connectivity index (χ0n) is 18.9. The molecule has 1 heterocycles. The monoisotopic (exact) mass is 447 g/mol. The van der Waals surface area contributed by atoms with Gasteiger partial charge in [0.1, 0.15) is 0 Å². The molecule has 3 aliphatic rings. The van der Waals surface area contributed by atoms with Crippen molar-refractivity contribution in [3.63, 3.8) is 0 Å². The molecular weight excluding hydrogens is 410 g/mol. The van der Waals surface area contributed by atoms with Crippen LogP contribution in [0.3, 0.4) is 0 Å². The third-order valence-electron chi connectivity index (χ3n) is 5.74. The van der Waals surface area contributed by atoms with Crippen LogP contribution < -0.4 is 0 Å². The minimum Gasteiger partial charge on any atom is -0.660 e. The molecule has 0 aromatic heterocycles. The van der Waals surface area contributed by atoms with E-state index in [2.05, 4.69) is 94.2 Å². The van der Waals surface area contributed by atoms with E-state index in [1.54, 1.807) is 5.56 Å². The fourth-order valence-corrected chi connectivity index (χ4v) is 12.3. The zero-order valence-corrected chi connectivity index (χ0v) is 22.2. The van der Waals surface area contributed by atoms with Gasteiger partial charge in [0, 0.05) is 16.1 Å². The largest absolute Gasteiger partial charge is 4.00 e. The second-order valence-corrected chi connectivity index (χ2v) is 14.5. The Balaban J connectivity index is 0.00000182. The fourth-order valence-electron chi connectivity index (χ4n) is 5.37. The van der Waals surface area contributed by atoms with Crippen LogP contribution in [0.4, 0.5) is 0 Å². The first-order valence-corrected chi connectivity index (χ1v) is 13.0. The molecule has 2 aliphatic carbocycles. The maximum atomic E-state index is 5.41. The summed E-state index contributed by atoms with van der Waals surface area (Å²) in [5.74, 6) is 1.99. The van der Waals surface area contributed by atoms with Gasteiger partial charge in [0.2, 0.25) is 0 Å². The summed E-state index contributed by atoms with van der Waals surface area (Å²) in [5.41, 5.74) is 2.36. The van der Waals surface area contributed by atoms with Crippen LogP contribution in [0.2, 0.25) is 18.6 Å². The maximum Gasteiger partial charge on any atom is 4.00 e. The van der Waals surface area contributed by atoms with E-state index < -0.39 is 8.24 Å². The van der Waals surface area contributed by atoms with Crippen LogP contribution in [0.15, 0.2) is 53.5 Å². The molecule has 0 saturated heterocycles. The second-order valence-electron chi connectivity index (χ2n) is 9.03. The van der Waals surface area contributed by atoms with Gasteiger partial charge in [-0.2, -0.15) is 0 Å². The van der Waals surface area contributed by atoms with Gasteiger partial charge in [0.05, 0.1) is 0 Å². The van der Waals surface area contributed by atoms with Gasteiger partial charge in [-0.05, 0) is 29.0 Å². The molecule has 152 valence electrons. The van der Waals surface area contributed by atoms with Gasteiger partial charge in [-0.15, -0.1) is 17.3 Å². The molecule has 0 bridgehead atoms. The molecule has 1 aliphatic heterocycles. The number of nitrogens with zero attached hydrogens (tertiary/aromatic N) is 1. The Hall–Kier alpha value is -0.0588. The molecule has 1 aromatic carbocycles. The summed E-state index contributed by atoms with van der Waals surface area (Å²) in [5, 5.41) is 0.692. The van der Waals surface area contributed by atoms with Crippen LogP contribution in [-0.2, 0) is 21.7 Å². The van der Waals surface area contributed by atoms with E-state index in [1.807, 2.05) is 0 Å². The van der Waals surface area contributed by atoms with Crippen molar-refractivity contribution in [2.75, 3.05) is 0 Å². The first kappa shape index (κ1) is 27.9. The molecule has 4 heteroatoms. The quantitative estimate of drug-likeness (QED) is 0.334. The van der Waals surface area contributed by atoms with E-state index in [0.717, 1.165) is 0 Å². The molecular formula is C24H37NSSiTi. The Morgan fingerprint density at radius 3 is 2.11 bits per heavy atom. The van der Waals surface area contributed by atoms with Crippen molar-refractivity contribution in [3.05, 3.63) is 81.4 Å². The maximum absolute atomic E-state index is 5.41. The smallest absolute Gasteiger partial charge is 0.660 e. The number of fused-ring (bicyclic) bond motifs is 5. The average molecular weight is 448 g/mol. The molecule has 0 N–H and O–H groups in total. The minimum absolute atomic E-state index is 0. The van der Waals surface area contributed by atoms with Crippen LogP contribution in [0, 0.1) is 34.1 Å². The fraction of sp³-hybridized carbons (Fsp3) is 0.458. The van der Waals surface area contributed by atoms with E-state index in [1.165, 1.54) is 4.90 Å².